The van der Waals surface area contributed by atoms with Gasteiger partial charge in [0.1, 0.15) is 12.0 Å². The Kier molecular flexibility index (Phi) is 11.0. The molecule has 1 aliphatic heterocycles. The fraction of sp³-hybridized carbons (Fsp3) is 0.765. The molecular formula is C17H35N5O2S. The first-order chi connectivity index (χ1) is 12.0. The number of aliphatic hydroxyl groups excluding tert-OH is 1. The number of thiol groups is 1. The number of ether oxygens (including phenoxy) is 1. The Balaban J connectivity index is 2.48. The van der Waals surface area contributed by atoms with Crippen LogP contribution >= 0.6 is 12.6 Å². The molecule has 1 rings (SSSR count). The van der Waals surface area contributed by atoms with E-state index in [1.54, 1.807) is 5.41 Å². The van der Waals surface area contributed by atoms with Gasteiger partial charge in [-0.1, -0.05) is 0 Å². The molecule has 3 atom stereocenters. The number of allylic oxidation sites excluding steroid dienone is 1. The summed E-state index contributed by atoms with van der Waals surface area (Å²) in [7, 11) is 1.97. The van der Waals surface area contributed by atoms with E-state index in [0.29, 0.717) is 18.8 Å². The van der Waals surface area contributed by atoms with E-state index in [4.69, 9.17) is 15.6 Å². The van der Waals surface area contributed by atoms with Gasteiger partial charge in [-0.25, -0.2) is 5.43 Å². The minimum atomic E-state index is 0.0797. The Morgan fingerprint density at radius 1 is 1.44 bits per heavy atom. The first-order valence-electron chi connectivity index (χ1n) is 9.01. The number of aliphatic hydroxyl groups is 1. The Bertz CT molecular complexity index is 427. The molecule has 0 radical (unpaired) electrons. The van der Waals surface area contributed by atoms with E-state index >= 15 is 0 Å². The highest BCUT2D eigenvalue weighted by molar-refractivity contribution is 7.83. The zero-order valence-corrected chi connectivity index (χ0v) is 16.6. The van der Waals surface area contributed by atoms with Gasteiger partial charge in [0.2, 0.25) is 0 Å². The predicted molar refractivity (Wildman–Crippen MR) is 106 cm³/mol. The molecule has 0 spiro atoms. The number of hydrogen-bond acceptors (Lipinski definition) is 8. The minimum absolute atomic E-state index is 0.0797. The van der Waals surface area contributed by atoms with E-state index in [-0.39, 0.29) is 24.9 Å². The van der Waals surface area contributed by atoms with E-state index in [9.17, 15) is 0 Å². The summed E-state index contributed by atoms with van der Waals surface area (Å²) in [6, 6.07) is 0.346. The average molecular weight is 374 g/mol. The molecule has 0 amide bonds. The first-order valence-corrected chi connectivity index (χ1v) is 9.53. The molecule has 0 aromatic rings. The number of rotatable bonds is 11. The summed E-state index contributed by atoms with van der Waals surface area (Å²) in [6.07, 6.45) is 5.98. The zero-order chi connectivity index (χ0) is 18.7. The van der Waals surface area contributed by atoms with Crippen molar-refractivity contribution in [2.24, 2.45) is 5.73 Å². The molecule has 0 saturated carbocycles. The third-order valence-electron chi connectivity index (χ3n) is 4.50. The second kappa shape index (κ2) is 12.4. The quantitative estimate of drug-likeness (QED) is 0.138. The van der Waals surface area contributed by atoms with Crippen LogP contribution in [0.15, 0.2) is 23.0 Å². The lowest BCUT2D eigenvalue weighted by Crippen LogP contribution is -2.54. The number of likely N-dealkylation sites (N-methyl/N-ethyl adjacent to an activating group) is 1. The SMILES string of the molecule is CC(NNC1CCCCO1)[C@@H](C)N(C)/C(N)=C\C(=C\S)NCCCO. The third kappa shape index (κ3) is 8.33. The second-order valence-corrected chi connectivity index (χ2v) is 6.70. The molecule has 1 fully saturated rings. The van der Waals surface area contributed by atoms with Crippen LogP contribution in [0.1, 0.15) is 39.5 Å². The highest BCUT2D eigenvalue weighted by atomic mass is 32.1. The summed E-state index contributed by atoms with van der Waals surface area (Å²) in [6.45, 7) is 5.88. The van der Waals surface area contributed by atoms with Crippen LogP contribution in [-0.4, -0.2) is 55.1 Å². The fourth-order valence-electron chi connectivity index (χ4n) is 2.48. The van der Waals surface area contributed by atoms with Crippen molar-refractivity contribution >= 4 is 12.6 Å². The molecule has 0 bridgehead atoms. The number of nitrogens with zero attached hydrogens (tertiary/aromatic N) is 1. The van der Waals surface area contributed by atoms with E-state index in [0.717, 1.165) is 25.1 Å². The van der Waals surface area contributed by atoms with Crippen LogP contribution in [0.2, 0.25) is 0 Å². The maximum atomic E-state index is 8.85. The lowest BCUT2D eigenvalue weighted by atomic mass is 10.1. The fourth-order valence-corrected chi connectivity index (χ4v) is 2.64. The topological polar surface area (TPSA) is 94.8 Å². The van der Waals surface area contributed by atoms with Gasteiger partial charge in [0.15, 0.2) is 0 Å². The summed E-state index contributed by atoms with van der Waals surface area (Å²) in [5.74, 6) is 0.645. The smallest absolute Gasteiger partial charge is 0.120 e. The summed E-state index contributed by atoms with van der Waals surface area (Å²) in [4.78, 5) is 2.02. The zero-order valence-electron chi connectivity index (χ0n) is 15.7. The van der Waals surface area contributed by atoms with E-state index < -0.39 is 0 Å². The molecule has 1 heterocycles. The van der Waals surface area contributed by atoms with Crippen LogP contribution in [-0.2, 0) is 4.74 Å². The molecule has 1 saturated heterocycles. The third-order valence-corrected chi connectivity index (χ3v) is 4.78. The standard InChI is InChI=1S/C17H35N5O2S/c1-13(20-21-17-7-4-5-10-24-17)14(2)22(3)16(18)11-15(12-25)19-8-6-9-23/h11-14,17,19-21,23,25H,4-10,18H2,1-3H3/b15-12-,16-11-/t13?,14-,17?/m1/s1. The van der Waals surface area contributed by atoms with Crippen molar-refractivity contribution in [3.8, 4) is 0 Å². The van der Waals surface area contributed by atoms with Crippen molar-refractivity contribution in [3.63, 3.8) is 0 Å². The Hall–Kier alpha value is -0.930. The molecule has 2 unspecified atom stereocenters. The Morgan fingerprint density at radius 3 is 2.80 bits per heavy atom. The van der Waals surface area contributed by atoms with Gasteiger partial charge in [-0.3, -0.25) is 5.43 Å². The van der Waals surface area contributed by atoms with Crippen molar-refractivity contribution in [2.45, 2.75) is 57.8 Å². The molecule has 8 heteroatoms. The van der Waals surface area contributed by atoms with Crippen LogP contribution in [0.4, 0.5) is 0 Å². The highest BCUT2D eigenvalue weighted by Crippen LogP contribution is 2.11. The van der Waals surface area contributed by atoms with Crippen molar-refractivity contribution in [2.75, 3.05) is 26.8 Å². The van der Waals surface area contributed by atoms with Crippen molar-refractivity contribution in [3.05, 3.63) is 23.0 Å². The number of nitrogens with two attached hydrogens (primary N) is 1. The van der Waals surface area contributed by atoms with E-state index in [2.05, 4.69) is 42.6 Å². The normalized spacial score (nSPS) is 21.7. The highest BCUT2D eigenvalue weighted by Gasteiger charge is 2.20. The summed E-state index contributed by atoms with van der Waals surface area (Å²) in [5.41, 5.74) is 13.6. The molecule has 0 aliphatic carbocycles. The number of hydrazine groups is 1. The van der Waals surface area contributed by atoms with Gasteiger partial charge in [0, 0.05) is 50.7 Å². The van der Waals surface area contributed by atoms with Crippen LogP contribution in [0, 0.1) is 0 Å². The molecule has 25 heavy (non-hydrogen) atoms. The van der Waals surface area contributed by atoms with Gasteiger partial charge in [0.05, 0.1) is 0 Å². The summed E-state index contributed by atoms with van der Waals surface area (Å²) in [5, 5.41) is 13.7. The van der Waals surface area contributed by atoms with Crippen LogP contribution in [0.5, 0.6) is 0 Å². The number of hydrogen-bond donors (Lipinski definition) is 6. The van der Waals surface area contributed by atoms with Crippen molar-refractivity contribution < 1.29 is 9.84 Å². The van der Waals surface area contributed by atoms with Crippen molar-refractivity contribution in [1.82, 2.24) is 21.1 Å². The monoisotopic (exact) mass is 373 g/mol. The predicted octanol–water partition coefficient (Wildman–Crippen LogP) is 0.859. The van der Waals surface area contributed by atoms with Gasteiger partial charge < -0.3 is 25.8 Å². The molecule has 0 aromatic heterocycles. The van der Waals surface area contributed by atoms with Crippen molar-refractivity contribution in [1.29, 1.82) is 0 Å². The first kappa shape index (κ1) is 22.1. The minimum Gasteiger partial charge on any atom is -0.396 e. The van der Waals surface area contributed by atoms with E-state index in [1.165, 1.54) is 6.42 Å². The van der Waals surface area contributed by atoms with Gasteiger partial charge in [-0.05, 0) is 44.9 Å². The molecule has 0 aromatic carbocycles. The summed E-state index contributed by atoms with van der Waals surface area (Å²) < 4.78 is 5.66. The Morgan fingerprint density at radius 2 is 2.20 bits per heavy atom. The largest absolute Gasteiger partial charge is 0.396 e. The van der Waals surface area contributed by atoms with Crippen LogP contribution < -0.4 is 21.9 Å². The van der Waals surface area contributed by atoms with Gasteiger partial charge in [-0.15, -0.1) is 12.6 Å². The molecule has 7 nitrogen and oxygen atoms in total. The van der Waals surface area contributed by atoms with Crippen LogP contribution in [0.25, 0.3) is 0 Å². The molecular weight excluding hydrogens is 338 g/mol. The summed E-state index contributed by atoms with van der Waals surface area (Å²) >= 11 is 4.20. The second-order valence-electron chi connectivity index (χ2n) is 6.44. The lowest BCUT2D eigenvalue weighted by molar-refractivity contribution is -0.0184. The van der Waals surface area contributed by atoms with Gasteiger partial charge >= 0.3 is 0 Å². The van der Waals surface area contributed by atoms with Gasteiger partial charge in [0.25, 0.3) is 0 Å². The molecule has 6 N–H and O–H groups in total. The maximum Gasteiger partial charge on any atom is 0.120 e. The number of nitrogens with one attached hydrogen (secondary N) is 3. The van der Waals surface area contributed by atoms with Crippen LogP contribution in [0.3, 0.4) is 0 Å². The van der Waals surface area contributed by atoms with Gasteiger partial charge in [-0.2, -0.15) is 0 Å². The molecule has 146 valence electrons. The lowest BCUT2D eigenvalue weighted by Gasteiger charge is -2.34. The Labute approximate surface area is 157 Å². The average Bonchev–Trinajstić information content (AvgIpc) is 2.64. The maximum absolute atomic E-state index is 8.85. The van der Waals surface area contributed by atoms with E-state index in [1.807, 2.05) is 18.0 Å². The molecule has 1 aliphatic rings.